The third-order valence-electron chi connectivity index (χ3n) is 4.83. The van der Waals surface area contributed by atoms with Gasteiger partial charge in [0.2, 0.25) is 0 Å². The number of fused-ring (bicyclic) bond motifs is 1. The van der Waals surface area contributed by atoms with Gasteiger partial charge >= 0.3 is 5.97 Å². The highest BCUT2D eigenvalue weighted by atomic mass is 16.4. The van der Waals surface area contributed by atoms with Crippen LogP contribution >= 0.6 is 0 Å². The van der Waals surface area contributed by atoms with Crippen molar-refractivity contribution in [2.75, 3.05) is 24.8 Å². The van der Waals surface area contributed by atoms with Crippen LogP contribution in [0.15, 0.2) is 48.5 Å². The van der Waals surface area contributed by atoms with E-state index in [4.69, 9.17) is 0 Å². The summed E-state index contributed by atoms with van der Waals surface area (Å²) in [5.41, 5.74) is 4.43. The van der Waals surface area contributed by atoms with E-state index in [2.05, 4.69) is 28.5 Å². The zero-order valence-corrected chi connectivity index (χ0v) is 14.2. The van der Waals surface area contributed by atoms with Crippen LogP contribution in [-0.4, -0.2) is 35.5 Å². The van der Waals surface area contributed by atoms with Crippen LogP contribution in [-0.2, 0) is 6.42 Å². The Bertz CT molecular complexity index is 925. The van der Waals surface area contributed by atoms with Crippen LogP contribution in [0.3, 0.4) is 0 Å². The van der Waals surface area contributed by atoms with Gasteiger partial charge in [-0.2, -0.15) is 0 Å². The zero-order valence-electron chi connectivity index (χ0n) is 14.2. The Hall–Kier alpha value is -2.79. The Kier molecular flexibility index (Phi) is 3.93. The maximum absolute atomic E-state index is 12.1. The summed E-state index contributed by atoms with van der Waals surface area (Å²) in [4.78, 5) is 12.1. The van der Waals surface area contributed by atoms with Gasteiger partial charge in [-0.05, 0) is 29.2 Å². The highest BCUT2D eigenvalue weighted by molar-refractivity contribution is 6.05. The van der Waals surface area contributed by atoms with Gasteiger partial charge in [0, 0.05) is 18.5 Å². The number of carbonyl (C=O) groups is 1. The van der Waals surface area contributed by atoms with E-state index in [0.29, 0.717) is 18.8 Å². The maximum Gasteiger partial charge on any atom is 0.354 e. The number of nitrogens with one attached hydrogen (secondary N) is 1. The largest absolute Gasteiger partial charge is 0.477 e. The monoisotopic (exact) mass is 335 g/mol. The van der Waals surface area contributed by atoms with Crippen LogP contribution in [0, 0.1) is 0 Å². The fourth-order valence-electron chi connectivity index (χ4n) is 3.78. The quantitative estimate of drug-likeness (QED) is 0.769. The fraction of sp³-hybridized carbons (Fsp3) is 0.250. The van der Waals surface area contributed by atoms with Crippen molar-refractivity contribution in [3.63, 3.8) is 0 Å². The van der Waals surface area contributed by atoms with Gasteiger partial charge in [-0.25, -0.2) is 9.47 Å². The lowest BCUT2D eigenvalue weighted by atomic mass is 9.97. The molecule has 5 heteroatoms. The Morgan fingerprint density at radius 3 is 2.60 bits per heavy atom. The number of nitrogens with zero attached hydrogens (tertiary/aromatic N) is 2. The van der Waals surface area contributed by atoms with Crippen LogP contribution in [0.5, 0.6) is 0 Å². The number of aromatic nitrogens is 1. The molecular weight excluding hydrogens is 314 g/mol. The van der Waals surface area contributed by atoms with E-state index in [9.17, 15) is 9.90 Å². The predicted octanol–water partition coefficient (Wildman–Crippen LogP) is 3.07. The van der Waals surface area contributed by atoms with Crippen LogP contribution in [0.2, 0.25) is 0 Å². The van der Waals surface area contributed by atoms with Crippen LogP contribution in [0.25, 0.3) is 22.0 Å². The molecule has 1 aromatic heterocycles. The summed E-state index contributed by atoms with van der Waals surface area (Å²) < 4.78 is 1.89. The number of benzene rings is 2. The molecule has 1 fully saturated rings. The standard InChI is InChI=1S/C20H21N3O2/c1-2-15-18-16(14-7-4-3-5-8-14)9-6-10-17(18)23(19(15)20(24)25)22-12-11-21-13-22/h3-10,21H,2,11-13H2,1H3,(H,24,25). The van der Waals surface area contributed by atoms with Gasteiger partial charge in [0.25, 0.3) is 0 Å². The molecule has 0 bridgehead atoms. The van der Waals surface area contributed by atoms with E-state index in [0.717, 1.165) is 40.7 Å². The van der Waals surface area contributed by atoms with Crippen molar-refractivity contribution in [1.29, 1.82) is 0 Å². The molecule has 1 saturated heterocycles. The molecule has 0 saturated carbocycles. The van der Waals surface area contributed by atoms with Gasteiger partial charge in [-0.1, -0.05) is 49.4 Å². The molecule has 0 amide bonds. The molecule has 0 aliphatic carbocycles. The van der Waals surface area contributed by atoms with Crippen molar-refractivity contribution in [1.82, 2.24) is 9.99 Å². The molecule has 5 nitrogen and oxygen atoms in total. The average Bonchev–Trinajstić information content (AvgIpc) is 3.27. The highest BCUT2D eigenvalue weighted by Crippen LogP contribution is 2.35. The minimum Gasteiger partial charge on any atom is -0.477 e. The third-order valence-corrected chi connectivity index (χ3v) is 4.83. The first-order chi connectivity index (χ1) is 12.2. The van der Waals surface area contributed by atoms with Gasteiger partial charge in [0.05, 0.1) is 12.2 Å². The molecule has 128 valence electrons. The second-order valence-electron chi connectivity index (χ2n) is 6.25. The normalized spacial score (nSPS) is 14.4. The van der Waals surface area contributed by atoms with E-state index in [1.165, 1.54) is 0 Å². The summed E-state index contributed by atoms with van der Waals surface area (Å²) in [5.74, 6) is -0.876. The molecule has 0 atom stereocenters. The second kappa shape index (κ2) is 6.26. The van der Waals surface area contributed by atoms with E-state index >= 15 is 0 Å². The number of aromatic carboxylic acids is 1. The van der Waals surface area contributed by atoms with E-state index in [1.807, 2.05) is 41.9 Å². The van der Waals surface area contributed by atoms with E-state index < -0.39 is 5.97 Å². The summed E-state index contributed by atoms with van der Waals surface area (Å²) in [6.45, 7) is 4.33. The van der Waals surface area contributed by atoms with Crippen LogP contribution in [0.4, 0.5) is 0 Å². The van der Waals surface area contributed by atoms with Gasteiger partial charge in [0.1, 0.15) is 0 Å². The van der Waals surface area contributed by atoms with Crippen molar-refractivity contribution in [2.45, 2.75) is 13.3 Å². The minimum atomic E-state index is -0.876. The number of hydrogen-bond donors (Lipinski definition) is 2. The molecule has 25 heavy (non-hydrogen) atoms. The topological polar surface area (TPSA) is 57.5 Å². The molecule has 1 aliphatic rings. The molecule has 2 aromatic carbocycles. The van der Waals surface area contributed by atoms with Crippen molar-refractivity contribution in [3.05, 3.63) is 59.8 Å². The average molecular weight is 335 g/mol. The molecule has 2 heterocycles. The molecule has 2 N–H and O–H groups in total. The first kappa shape index (κ1) is 15.7. The lowest BCUT2D eigenvalue weighted by Gasteiger charge is -2.21. The molecule has 4 rings (SSSR count). The third kappa shape index (κ3) is 2.48. The Morgan fingerprint density at radius 2 is 1.96 bits per heavy atom. The number of hydrogen-bond acceptors (Lipinski definition) is 3. The molecule has 0 spiro atoms. The van der Waals surface area contributed by atoms with Crippen molar-refractivity contribution in [3.8, 4) is 11.1 Å². The minimum absolute atomic E-state index is 0.379. The summed E-state index contributed by atoms with van der Waals surface area (Å²) >= 11 is 0. The summed E-state index contributed by atoms with van der Waals surface area (Å²) in [6, 6.07) is 16.3. The van der Waals surface area contributed by atoms with Crippen molar-refractivity contribution in [2.24, 2.45) is 0 Å². The molecular formula is C20H21N3O2. The Labute approximate surface area is 146 Å². The SMILES string of the molecule is CCc1c(C(=O)O)n(N2CCNC2)c2cccc(-c3ccccc3)c12. The smallest absolute Gasteiger partial charge is 0.354 e. The lowest BCUT2D eigenvalue weighted by molar-refractivity contribution is 0.0684. The van der Waals surface area contributed by atoms with Gasteiger partial charge in [-0.3, -0.25) is 10.3 Å². The van der Waals surface area contributed by atoms with Gasteiger partial charge in [0.15, 0.2) is 5.69 Å². The first-order valence-corrected chi connectivity index (χ1v) is 8.63. The van der Waals surface area contributed by atoms with Gasteiger partial charge < -0.3 is 5.11 Å². The lowest BCUT2D eigenvalue weighted by Crippen LogP contribution is -2.35. The molecule has 0 unspecified atom stereocenters. The van der Waals surface area contributed by atoms with E-state index in [-0.39, 0.29) is 0 Å². The molecule has 0 radical (unpaired) electrons. The van der Waals surface area contributed by atoms with Crippen LogP contribution < -0.4 is 10.3 Å². The molecule has 3 aromatic rings. The Balaban J connectivity index is 2.08. The number of carboxylic acids is 1. The Morgan fingerprint density at radius 1 is 1.16 bits per heavy atom. The van der Waals surface area contributed by atoms with Crippen molar-refractivity contribution < 1.29 is 9.90 Å². The van der Waals surface area contributed by atoms with Gasteiger partial charge in [-0.15, -0.1) is 0 Å². The number of carboxylic acid groups (broad SMARTS) is 1. The van der Waals surface area contributed by atoms with E-state index in [1.54, 1.807) is 0 Å². The number of rotatable bonds is 4. The number of aryl methyl sites for hydroxylation is 1. The zero-order chi connectivity index (χ0) is 17.4. The summed E-state index contributed by atoms with van der Waals surface area (Å²) in [6.07, 6.45) is 0.677. The maximum atomic E-state index is 12.1. The molecule has 1 aliphatic heterocycles. The summed E-state index contributed by atoms with van der Waals surface area (Å²) in [5, 5.41) is 16.3. The van der Waals surface area contributed by atoms with Crippen LogP contribution in [0.1, 0.15) is 23.0 Å². The fourth-order valence-corrected chi connectivity index (χ4v) is 3.78. The first-order valence-electron chi connectivity index (χ1n) is 8.63. The van der Waals surface area contributed by atoms with Crippen molar-refractivity contribution >= 4 is 16.9 Å². The summed E-state index contributed by atoms with van der Waals surface area (Å²) in [7, 11) is 0. The highest BCUT2D eigenvalue weighted by Gasteiger charge is 2.27. The second-order valence-corrected chi connectivity index (χ2v) is 6.25. The predicted molar refractivity (Wildman–Crippen MR) is 99.7 cm³/mol.